The fourth-order valence-electron chi connectivity index (χ4n) is 2.60. The van der Waals surface area contributed by atoms with Crippen molar-refractivity contribution in [2.75, 3.05) is 39.3 Å². The standard InChI is InChI=1S/C15H22N4O3.ClH/c1-12-13(4-2-5-14(12)19(21)22)15(20)17-6-3-9-18-10-7-16-8-11-18;/h2,4-5,16H,3,6-11H2,1H3,(H,17,20);1H. The predicted molar refractivity (Wildman–Crippen MR) is 91.3 cm³/mol. The highest BCUT2D eigenvalue weighted by Gasteiger charge is 2.17. The summed E-state index contributed by atoms with van der Waals surface area (Å²) >= 11 is 0. The predicted octanol–water partition coefficient (Wildman–Crippen LogP) is 1.35. The molecule has 128 valence electrons. The fraction of sp³-hybridized carbons (Fsp3) is 0.533. The molecule has 0 aliphatic carbocycles. The van der Waals surface area contributed by atoms with Crippen LogP contribution in [0, 0.1) is 17.0 Å². The Labute approximate surface area is 142 Å². The van der Waals surface area contributed by atoms with Gasteiger partial charge >= 0.3 is 0 Å². The molecule has 1 aromatic rings. The number of benzene rings is 1. The Bertz CT molecular complexity index is 548. The van der Waals surface area contributed by atoms with E-state index in [1.807, 2.05) is 0 Å². The van der Waals surface area contributed by atoms with Crippen LogP contribution in [0.25, 0.3) is 0 Å². The Kier molecular flexibility index (Phi) is 7.94. The first-order chi connectivity index (χ1) is 10.6. The number of piperazine rings is 1. The van der Waals surface area contributed by atoms with Gasteiger partial charge in [-0.2, -0.15) is 0 Å². The van der Waals surface area contributed by atoms with E-state index in [-0.39, 0.29) is 24.0 Å². The molecule has 1 saturated heterocycles. The minimum Gasteiger partial charge on any atom is -0.352 e. The minimum atomic E-state index is -0.462. The maximum atomic E-state index is 12.1. The molecule has 1 aromatic carbocycles. The van der Waals surface area contributed by atoms with Gasteiger partial charge in [-0.3, -0.25) is 14.9 Å². The summed E-state index contributed by atoms with van der Waals surface area (Å²) < 4.78 is 0. The summed E-state index contributed by atoms with van der Waals surface area (Å²) in [6, 6.07) is 4.57. The summed E-state index contributed by atoms with van der Waals surface area (Å²) in [5, 5.41) is 17.0. The second-order valence-electron chi connectivity index (χ2n) is 5.41. The highest BCUT2D eigenvalue weighted by atomic mass is 35.5. The lowest BCUT2D eigenvalue weighted by molar-refractivity contribution is -0.385. The summed E-state index contributed by atoms with van der Waals surface area (Å²) in [5.41, 5.74) is 0.761. The van der Waals surface area contributed by atoms with Gasteiger partial charge in [-0.25, -0.2) is 0 Å². The zero-order valence-corrected chi connectivity index (χ0v) is 14.0. The number of hydrogen-bond donors (Lipinski definition) is 2. The van der Waals surface area contributed by atoms with Crippen molar-refractivity contribution in [3.63, 3.8) is 0 Å². The van der Waals surface area contributed by atoms with Gasteiger partial charge in [0.2, 0.25) is 0 Å². The zero-order chi connectivity index (χ0) is 15.9. The van der Waals surface area contributed by atoms with Crippen molar-refractivity contribution in [3.05, 3.63) is 39.4 Å². The van der Waals surface area contributed by atoms with Gasteiger partial charge in [-0.05, 0) is 26.0 Å². The molecule has 23 heavy (non-hydrogen) atoms. The number of nitro groups is 1. The van der Waals surface area contributed by atoms with E-state index >= 15 is 0 Å². The van der Waals surface area contributed by atoms with Crippen LogP contribution in [-0.2, 0) is 0 Å². The molecular weight excluding hydrogens is 320 g/mol. The number of halogens is 1. The molecule has 0 unspecified atom stereocenters. The largest absolute Gasteiger partial charge is 0.352 e. The van der Waals surface area contributed by atoms with Crippen molar-refractivity contribution in [3.8, 4) is 0 Å². The molecule has 1 amide bonds. The van der Waals surface area contributed by atoms with Crippen LogP contribution in [-0.4, -0.2) is 55.0 Å². The van der Waals surface area contributed by atoms with Crippen LogP contribution in [0.15, 0.2) is 18.2 Å². The van der Waals surface area contributed by atoms with Crippen LogP contribution in [0.3, 0.4) is 0 Å². The summed E-state index contributed by atoms with van der Waals surface area (Å²) in [7, 11) is 0. The molecule has 0 bridgehead atoms. The number of amides is 1. The van der Waals surface area contributed by atoms with Gasteiger partial charge in [0.25, 0.3) is 11.6 Å². The first kappa shape index (κ1) is 19.3. The molecule has 8 heteroatoms. The Morgan fingerprint density at radius 1 is 1.39 bits per heavy atom. The molecule has 2 N–H and O–H groups in total. The SMILES string of the molecule is Cc1c(C(=O)NCCCN2CCNCC2)cccc1[N+](=O)[O-].Cl. The number of hydrogen-bond acceptors (Lipinski definition) is 5. The smallest absolute Gasteiger partial charge is 0.273 e. The third kappa shape index (κ3) is 5.46. The van der Waals surface area contributed by atoms with Gasteiger partial charge in [0.15, 0.2) is 0 Å². The topological polar surface area (TPSA) is 87.5 Å². The normalized spacial score (nSPS) is 14.8. The van der Waals surface area contributed by atoms with Crippen molar-refractivity contribution in [2.45, 2.75) is 13.3 Å². The molecule has 0 radical (unpaired) electrons. The van der Waals surface area contributed by atoms with Crippen molar-refractivity contribution < 1.29 is 9.72 Å². The highest BCUT2D eigenvalue weighted by molar-refractivity contribution is 5.96. The first-order valence-corrected chi connectivity index (χ1v) is 7.55. The van der Waals surface area contributed by atoms with E-state index in [1.54, 1.807) is 19.1 Å². The van der Waals surface area contributed by atoms with Crippen LogP contribution in [0.4, 0.5) is 5.69 Å². The molecule has 0 spiro atoms. The van der Waals surface area contributed by atoms with Gasteiger partial charge in [0, 0.05) is 49.9 Å². The fourth-order valence-corrected chi connectivity index (χ4v) is 2.60. The third-order valence-electron chi connectivity index (χ3n) is 3.89. The first-order valence-electron chi connectivity index (χ1n) is 7.55. The molecule has 1 fully saturated rings. The summed E-state index contributed by atoms with van der Waals surface area (Å²) in [6.07, 6.45) is 0.875. The zero-order valence-electron chi connectivity index (χ0n) is 13.2. The number of nitro benzene ring substituents is 1. The lowest BCUT2D eigenvalue weighted by atomic mass is 10.1. The summed E-state index contributed by atoms with van der Waals surface area (Å²) in [5.74, 6) is -0.249. The monoisotopic (exact) mass is 342 g/mol. The quantitative estimate of drug-likeness (QED) is 0.463. The lowest BCUT2D eigenvalue weighted by Crippen LogP contribution is -2.44. The lowest BCUT2D eigenvalue weighted by Gasteiger charge is -2.27. The van der Waals surface area contributed by atoms with Gasteiger partial charge in [0.1, 0.15) is 0 Å². The van der Waals surface area contributed by atoms with E-state index in [0.29, 0.717) is 17.7 Å². The third-order valence-corrected chi connectivity index (χ3v) is 3.89. The van der Waals surface area contributed by atoms with Crippen molar-refractivity contribution in [2.24, 2.45) is 0 Å². The van der Waals surface area contributed by atoms with Crippen LogP contribution in [0.5, 0.6) is 0 Å². The Morgan fingerprint density at radius 3 is 2.74 bits per heavy atom. The average molecular weight is 343 g/mol. The van der Waals surface area contributed by atoms with Gasteiger partial charge in [-0.1, -0.05) is 6.07 Å². The van der Waals surface area contributed by atoms with E-state index in [2.05, 4.69) is 15.5 Å². The van der Waals surface area contributed by atoms with Gasteiger partial charge < -0.3 is 15.5 Å². The molecule has 0 saturated carbocycles. The Balaban J connectivity index is 0.00000264. The van der Waals surface area contributed by atoms with Crippen LogP contribution in [0.1, 0.15) is 22.3 Å². The Morgan fingerprint density at radius 2 is 2.09 bits per heavy atom. The van der Waals surface area contributed by atoms with E-state index in [4.69, 9.17) is 0 Å². The maximum absolute atomic E-state index is 12.1. The van der Waals surface area contributed by atoms with Crippen molar-refractivity contribution in [1.29, 1.82) is 0 Å². The van der Waals surface area contributed by atoms with E-state index in [0.717, 1.165) is 39.1 Å². The molecule has 7 nitrogen and oxygen atoms in total. The molecule has 0 atom stereocenters. The average Bonchev–Trinajstić information content (AvgIpc) is 2.52. The van der Waals surface area contributed by atoms with Crippen LogP contribution < -0.4 is 10.6 Å². The molecule has 1 aliphatic rings. The number of nitrogens with zero attached hydrogens (tertiary/aromatic N) is 2. The van der Waals surface area contributed by atoms with Crippen LogP contribution in [0.2, 0.25) is 0 Å². The summed E-state index contributed by atoms with van der Waals surface area (Å²) in [6.45, 7) is 7.24. The van der Waals surface area contributed by atoms with Crippen molar-refractivity contribution >= 4 is 24.0 Å². The van der Waals surface area contributed by atoms with E-state index in [9.17, 15) is 14.9 Å². The second kappa shape index (κ2) is 9.44. The summed E-state index contributed by atoms with van der Waals surface area (Å²) in [4.78, 5) is 24.9. The molecule has 0 aromatic heterocycles. The molecule has 1 aliphatic heterocycles. The second-order valence-corrected chi connectivity index (χ2v) is 5.41. The Hall–Kier alpha value is -1.70. The van der Waals surface area contributed by atoms with Crippen LogP contribution >= 0.6 is 12.4 Å². The minimum absolute atomic E-state index is 0. The maximum Gasteiger partial charge on any atom is 0.273 e. The number of carbonyl (C=O) groups is 1. The van der Waals surface area contributed by atoms with Gasteiger partial charge in [0.05, 0.1) is 4.92 Å². The molecular formula is C15H23ClN4O3. The van der Waals surface area contributed by atoms with E-state index in [1.165, 1.54) is 6.07 Å². The molecule has 1 heterocycles. The number of carbonyl (C=O) groups excluding carboxylic acids is 1. The molecule has 2 rings (SSSR count). The number of nitrogens with one attached hydrogen (secondary N) is 2. The van der Waals surface area contributed by atoms with Crippen molar-refractivity contribution in [1.82, 2.24) is 15.5 Å². The number of rotatable bonds is 6. The van der Waals surface area contributed by atoms with E-state index < -0.39 is 4.92 Å². The van der Waals surface area contributed by atoms with Gasteiger partial charge in [-0.15, -0.1) is 12.4 Å². The highest BCUT2D eigenvalue weighted by Crippen LogP contribution is 2.20.